The van der Waals surface area contributed by atoms with Crippen molar-refractivity contribution in [3.05, 3.63) is 69.6 Å². The Hall–Kier alpha value is -2.72. The number of hydrogen-bond donors (Lipinski definition) is 3. The van der Waals surface area contributed by atoms with Crippen LogP contribution in [-0.4, -0.2) is 19.0 Å². The van der Waals surface area contributed by atoms with Crippen molar-refractivity contribution in [2.45, 2.75) is 12.6 Å². The van der Waals surface area contributed by atoms with Gasteiger partial charge in [0.25, 0.3) is 16.8 Å². The molecule has 3 aromatic rings. The molecule has 0 radical (unpaired) electrons. The molecule has 0 saturated carbocycles. The summed E-state index contributed by atoms with van der Waals surface area (Å²) in [5.74, 6) is 0. The normalized spacial score (nSPS) is 12.9. The van der Waals surface area contributed by atoms with Crippen molar-refractivity contribution in [2.24, 2.45) is 0 Å². The number of fused-ring (bicyclic) bond motifs is 1. The predicted octanol–water partition coefficient (Wildman–Crippen LogP) is 3.08. The highest BCUT2D eigenvalue weighted by Crippen LogP contribution is 2.35. The van der Waals surface area contributed by atoms with Crippen LogP contribution in [0.15, 0.2) is 47.3 Å². The molecule has 6 nitrogen and oxygen atoms in total. The third-order valence-electron chi connectivity index (χ3n) is 3.75. The lowest BCUT2D eigenvalue weighted by atomic mass is 9.99. The molecule has 3 rings (SSSR count). The standard InChI is InChI=1S/C16H12F3N3O3S/c17-16(18,19)13-8-10(22-26(24)25)6-5-9(13)7-14-11-3-1-2-4-12(11)15(23)21-20-14/h1-6,8,22H,7H2,(H,21,23)(H,24,25). The minimum Gasteiger partial charge on any atom is -0.289 e. The quantitative estimate of drug-likeness (QED) is 0.604. The summed E-state index contributed by atoms with van der Waals surface area (Å²) in [5.41, 5.74) is -1.30. The number of benzene rings is 2. The highest BCUT2D eigenvalue weighted by molar-refractivity contribution is 7.80. The second-order valence-corrected chi connectivity index (χ2v) is 6.15. The van der Waals surface area contributed by atoms with E-state index in [4.69, 9.17) is 4.55 Å². The molecular weight excluding hydrogens is 371 g/mol. The zero-order valence-corrected chi connectivity index (χ0v) is 13.8. The fourth-order valence-electron chi connectivity index (χ4n) is 2.65. The third kappa shape index (κ3) is 3.75. The summed E-state index contributed by atoms with van der Waals surface area (Å²) in [7, 11) is 0. The molecule has 0 aliphatic carbocycles. The van der Waals surface area contributed by atoms with E-state index in [1.165, 1.54) is 12.1 Å². The van der Waals surface area contributed by atoms with Crippen LogP contribution >= 0.6 is 0 Å². The van der Waals surface area contributed by atoms with E-state index in [1.54, 1.807) is 24.3 Å². The number of halogens is 3. The molecule has 1 unspecified atom stereocenters. The molecule has 136 valence electrons. The Balaban J connectivity index is 2.09. The first-order valence-electron chi connectivity index (χ1n) is 7.29. The Morgan fingerprint density at radius 1 is 1.15 bits per heavy atom. The molecule has 2 aromatic carbocycles. The fourth-order valence-corrected chi connectivity index (χ4v) is 2.97. The van der Waals surface area contributed by atoms with Gasteiger partial charge >= 0.3 is 6.18 Å². The summed E-state index contributed by atoms with van der Waals surface area (Å²) >= 11 is -2.49. The SMILES string of the molecule is O=c1[nH]nc(Cc2ccc(NS(=O)O)cc2C(F)(F)F)c2ccccc12. The van der Waals surface area contributed by atoms with Crippen molar-refractivity contribution in [1.82, 2.24) is 10.2 Å². The Bertz CT molecular complexity index is 1050. The van der Waals surface area contributed by atoms with E-state index in [1.807, 2.05) is 4.72 Å². The van der Waals surface area contributed by atoms with Crippen molar-refractivity contribution in [1.29, 1.82) is 0 Å². The molecule has 10 heteroatoms. The number of nitrogens with one attached hydrogen (secondary N) is 2. The number of alkyl halides is 3. The molecular formula is C16H12F3N3O3S. The van der Waals surface area contributed by atoms with Gasteiger partial charge in [0, 0.05) is 17.5 Å². The number of nitrogens with zero attached hydrogens (tertiary/aromatic N) is 1. The van der Waals surface area contributed by atoms with Gasteiger partial charge in [-0.2, -0.15) is 18.3 Å². The highest BCUT2D eigenvalue weighted by Gasteiger charge is 2.34. The number of anilines is 1. The van der Waals surface area contributed by atoms with Crippen molar-refractivity contribution >= 4 is 27.7 Å². The average molecular weight is 383 g/mol. The molecule has 0 amide bonds. The monoisotopic (exact) mass is 383 g/mol. The summed E-state index contributed by atoms with van der Waals surface area (Å²) in [6, 6.07) is 9.74. The van der Waals surface area contributed by atoms with Crippen molar-refractivity contribution in [3.63, 3.8) is 0 Å². The van der Waals surface area contributed by atoms with Gasteiger partial charge in [-0.1, -0.05) is 24.3 Å². The molecule has 0 spiro atoms. The molecule has 0 saturated heterocycles. The predicted molar refractivity (Wildman–Crippen MR) is 91.0 cm³/mol. The van der Waals surface area contributed by atoms with Gasteiger partial charge in [-0.05, 0) is 23.8 Å². The van der Waals surface area contributed by atoms with Gasteiger partial charge in [0.1, 0.15) is 0 Å². The highest BCUT2D eigenvalue weighted by atomic mass is 32.2. The summed E-state index contributed by atoms with van der Waals surface area (Å²) in [5, 5.41) is 6.97. The lowest BCUT2D eigenvalue weighted by Crippen LogP contribution is -2.14. The lowest BCUT2D eigenvalue weighted by molar-refractivity contribution is -0.138. The molecule has 26 heavy (non-hydrogen) atoms. The van der Waals surface area contributed by atoms with Gasteiger partial charge in [-0.25, -0.2) is 9.31 Å². The number of hydrogen-bond acceptors (Lipinski definition) is 3. The maximum atomic E-state index is 13.4. The first kappa shape index (κ1) is 18.1. The molecule has 0 bridgehead atoms. The minimum absolute atomic E-state index is 0.0727. The molecule has 0 aliphatic heterocycles. The van der Waals surface area contributed by atoms with Gasteiger partial charge < -0.3 is 0 Å². The van der Waals surface area contributed by atoms with Crippen LogP contribution < -0.4 is 10.3 Å². The van der Waals surface area contributed by atoms with Crippen LogP contribution in [0.4, 0.5) is 18.9 Å². The topological polar surface area (TPSA) is 95.1 Å². The second-order valence-electron chi connectivity index (χ2n) is 5.44. The molecule has 0 fully saturated rings. The van der Waals surface area contributed by atoms with E-state index >= 15 is 0 Å². The zero-order chi connectivity index (χ0) is 18.9. The first-order valence-corrected chi connectivity index (χ1v) is 8.40. The van der Waals surface area contributed by atoms with Crippen LogP contribution in [0, 0.1) is 0 Å². The zero-order valence-electron chi connectivity index (χ0n) is 13.0. The Labute approximate surface area is 147 Å². The Kier molecular flexibility index (Phi) is 4.79. The smallest absolute Gasteiger partial charge is 0.289 e. The summed E-state index contributed by atoms with van der Waals surface area (Å²) < 4.78 is 61.8. The van der Waals surface area contributed by atoms with Crippen LogP contribution in [-0.2, 0) is 23.9 Å². The summed E-state index contributed by atoms with van der Waals surface area (Å²) in [4.78, 5) is 11.8. The maximum absolute atomic E-state index is 13.4. The summed E-state index contributed by atoms with van der Waals surface area (Å²) in [6.45, 7) is 0. The van der Waals surface area contributed by atoms with Crippen LogP contribution in [0.3, 0.4) is 0 Å². The lowest BCUT2D eigenvalue weighted by Gasteiger charge is -2.15. The van der Waals surface area contributed by atoms with E-state index in [-0.39, 0.29) is 23.4 Å². The molecule has 1 aromatic heterocycles. The second kappa shape index (κ2) is 6.89. The number of H-pyrrole nitrogens is 1. The molecule has 3 N–H and O–H groups in total. The van der Waals surface area contributed by atoms with E-state index in [2.05, 4.69) is 10.2 Å². The van der Waals surface area contributed by atoms with Crippen LogP contribution in [0.25, 0.3) is 10.8 Å². The van der Waals surface area contributed by atoms with Gasteiger partial charge in [-0.15, -0.1) is 0 Å². The van der Waals surface area contributed by atoms with Gasteiger partial charge in [0.2, 0.25) is 0 Å². The Morgan fingerprint density at radius 3 is 2.50 bits per heavy atom. The van der Waals surface area contributed by atoms with Crippen LogP contribution in [0.2, 0.25) is 0 Å². The van der Waals surface area contributed by atoms with Crippen molar-refractivity contribution < 1.29 is 21.9 Å². The van der Waals surface area contributed by atoms with Crippen molar-refractivity contribution in [2.75, 3.05) is 4.72 Å². The number of aromatic amines is 1. The third-order valence-corrected chi connectivity index (χ3v) is 4.16. The van der Waals surface area contributed by atoms with Crippen LogP contribution in [0.5, 0.6) is 0 Å². The van der Waals surface area contributed by atoms with Gasteiger partial charge in [0.05, 0.1) is 16.6 Å². The fraction of sp³-hybridized carbons (Fsp3) is 0.125. The maximum Gasteiger partial charge on any atom is 0.416 e. The average Bonchev–Trinajstić information content (AvgIpc) is 2.57. The Morgan fingerprint density at radius 2 is 1.85 bits per heavy atom. The van der Waals surface area contributed by atoms with Gasteiger partial charge in [-0.3, -0.25) is 14.1 Å². The summed E-state index contributed by atoms with van der Waals surface area (Å²) in [6.07, 6.45) is -4.84. The van der Waals surface area contributed by atoms with Crippen molar-refractivity contribution in [3.8, 4) is 0 Å². The molecule has 1 atom stereocenters. The molecule has 1 heterocycles. The minimum atomic E-state index is -4.66. The number of aromatic nitrogens is 2. The van der Waals surface area contributed by atoms with Crippen LogP contribution in [0.1, 0.15) is 16.8 Å². The molecule has 0 aliphatic rings. The van der Waals surface area contributed by atoms with E-state index in [9.17, 15) is 22.2 Å². The largest absolute Gasteiger partial charge is 0.416 e. The van der Waals surface area contributed by atoms with E-state index in [0.29, 0.717) is 10.8 Å². The van der Waals surface area contributed by atoms with E-state index in [0.717, 1.165) is 6.07 Å². The number of rotatable bonds is 4. The first-order chi connectivity index (χ1) is 12.3. The van der Waals surface area contributed by atoms with Gasteiger partial charge in [0.15, 0.2) is 0 Å². The van der Waals surface area contributed by atoms with E-state index < -0.39 is 28.6 Å².